The van der Waals surface area contributed by atoms with Gasteiger partial charge in [-0.3, -0.25) is 0 Å². The SMILES string of the molecule is [O-][Cl+3]([O-])([O-])[O-].c1ccc2c(c1)cc[n+]1ccsc21. The molecular formula is C11H8ClNO4S. The zero-order chi connectivity index (χ0) is 13.2. The van der Waals surface area contributed by atoms with Gasteiger partial charge in [0.05, 0.1) is 10.8 Å². The predicted octanol–water partition coefficient (Wildman–Crippen LogP) is -2.12. The van der Waals surface area contributed by atoms with E-state index in [-0.39, 0.29) is 0 Å². The van der Waals surface area contributed by atoms with Crippen molar-refractivity contribution in [1.82, 2.24) is 0 Å². The molecule has 0 saturated carbocycles. The molecule has 0 amide bonds. The van der Waals surface area contributed by atoms with Gasteiger partial charge in [0.2, 0.25) is 0 Å². The van der Waals surface area contributed by atoms with Crippen molar-refractivity contribution in [3.05, 3.63) is 48.1 Å². The van der Waals surface area contributed by atoms with Gasteiger partial charge in [0, 0.05) is 6.07 Å². The van der Waals surface area contributed by atoms with E-state index in [9.17, 15) is 0 Å². The monoisotopic (exact) mass is 285 g/mol. The maximum atomic E-state index is 8.49. The number of thiazole rings is 1. The number of fused-ring (bicyclic) bond motifs is 3. The molecule has 0 aliphatic carbocycles. The van der Waals surface area contributed by atoms with Crippen LogP contribution >= 0.6 is 11.3 Å². The van der Waals surface area contributed by atoms with Crippen LogP contribution in [-0.4, -0.2) is 0 Å². The van der Waals surface area contributed by atoms with Crippen molar-refractivity contribution in [1.29, 1.82) is 0 Å². The quantitative estimate of drug-likeness (QED) is 0.441. The average Bonchev–Trinajstić information content (AvgIpc) is 2.75. The lowest BCUT2D eigenvalue weighted by Crippen LogP contribution is -2.68. The van der Waals surface area contributed by atoms with Crippen LogP contribution in [0.15, 0.2) is 48.1 Å². The molecule has 0 aliphatic rings. The Labute approximate surface area is 109 Å². The Balaban J connectivity index is 0.000000209. The number of halogens is 1. The highest BCUT2D eigenvalue weighted by atomic mass is 35.7. The van der Waals surface area contributed by atoms with Crippen molar-refractivity contribution < 1.29 is 33.3 Å². The number of pyridine rings is 1. The van der Waals surface area contributed by atoms with Crippen LogP contribution in [0.1, 0.15) is 0 Å². The summed E-state index contributed by atoms with van der Waals surface area (Å²) in [6.45, 7) is 0. The highest BCUT2D eigenvalue weighted by Crippen LogP contribution is 2.19. The van der Waals surface area contributed by atoms with Crippen LogP contribution in [0.5, 0.6) is 0 Å². The van der Waals surface area contributed by atoms with Crippen molar-refractivity contribution in [3.8, 4) is 0 Å². The lowest BCUT2D eigenvalue weighted by atomic mass is 10.2. The molecule has 3 rings (SSSR count). The molecule has 0 spiro atoms. The number of rotatable bonds is 0. The first-order valence-corrected chi connectivity index (χ1v) is 6.94. The first-order chi connectivity index (χ1) is 8.45. The van der Waals surface area contributed by atoms with E-state index in [1.807, 2.05) is 0 Å². The second-order valence-corrected chi connectivity index (χ2v) is 5.05. The van der Waals surface area contributed by atoms with E-state index < -0.39 is 10.2 Å². The lowest BCUT2D eigenvalue weighted by Gasteiger charge is -2.17. The largest absolute Gasteiger partial charge is 0.274 e. The van der Waals surface area contributed by atoms with Crippen molar-refractivity contribution in [2.24, 2.45) is 0 Å². The predicted molar refractivity (Wildman–Crippen MR) is 55.0 cm³/mol. The summed E-state index contributed by atoms with van der Waals surface area (Å²) in [5.74, 6) is 0. The molecule has 2 aromatic heterocycles. The molecule has 94 valence electrons. The Morgan fingerprint density at radius 1 is 0.944 bits per heavy atom. The van der Waals surface area contributed by atoms with Crippen LogP contribution < -0.4 is 23.0 Å². The second kappa shape index (κ2) is 5.15. The third-order valence-electron chi connectivity index (χ3n) is 2.24. The van der Waals surface area contributed by atoms with E-state index in [0.29, 0.717) is 0 Å². The molecule has 0 aliphatic heterocycles. The molecule has 3 aromatic rings. The second-order valence-electron chi connectivity index (χ2n) is 3.40. The summed E-state index contributed by atoms with van der Waals surface area (Å²) in [4.78, 5) is 1.32. The minimum atomic E-state index is -4.94. The van der Waals surface area contributed by atoms with Gasteiger partial charge in [0.15, 0.2) is 12.4 Å². The van der Waals surface area contributed by atoms with Gasteiger partial charge in [0.1, 0.15) is 0 Å². The molecule has 0 fully saturated rings. The summed E-state index contributed by atoms with van der Waals surface area (Å²) < 4.78 is 36.1. The van der Waals surface area contributed by atoms with Crippen LogP contribution in [0.4, 0.5) is 0 Å². The van der Waals surface area contributed by atoms with E-state index >= 15 is 0 Å². The Hall–Kier alpha value is -1.28. The summed E-state index contributed by atoms with van der Waals surface area (Å²) in [5, 5.41) is 4.76. The first kappa shape index (κ1) is 13.2. The summed E-state index contributed by atoms with van der Waals surface area (Å²) >= 11 is 1.78. The van der Waals surface area contributed by atoms with Crippen LogP contribution in [-0.2, 0) is 0 Å². The van der Waals surface area contributed by atoms with Gasteiger partial charge in [-0.25, -0.2) is 18.6 Å². The van der Waals surface area contributed by atoms with Gasteiger partial charge in [-0.2, -0.15) is 4.40 Å². The van der Waals surface area contributed by atoms with E-state index in [0.717, 1.165) is 0 Å². The summed E-state index contributed by atoms with van der Waals surface area (Å²) in [6, 6.07) is 10.6. The van der Waals surface area contributed by atoms with Crippen molar-refractivity contribution >= 4 is 26.9 Å². The third-order valence-corrected chi connectivity index (χ3v) is 3.15. The Morgan fingerprint density at radius 3 is 2.33 bits per heavy atom. The average molecular weight is 286 g/mol. The molecule has 0 bridgehead atoms. The number of hydrogen-bond acceptors (Lipinski definition) is 5. The minimum absolute atomic E-state index is 1.31. The molecular weight excluding hydrogens is 278 g/mol. The van der Waals surface area contributed by atoms with Gasteiger partial charge >= 0.3 is 0 Å². The van der Waals surface area contributed by atoms with Gasteiger partial charge in [-0.15, -0.1) is 10.2 Å². The van der Waals surface area contributed by atoms with Crippen LogP contribution in [0, 0.1) is 10.2 Å². The molecule has 1 aromatic carbocycles. The smallest absolute Gasteiger partial charge is 0.222 e. The number of aromatic nitrogens is 1. The normalized spacial score (nSPS) is 11.3. The number of hydrogen-bond donors (Lipinski definition) is 0. The van der Waals surface area contributed by atoms with E-state index in [2.05, 4.69) is 52.5 Å². The molecule has 18 heavy (non-hydrogen) atoms. The molecule has 5 nitrogen and oxygen atoms in total. The third kappa shape index (κ3) is 3.36. The standard InChI is InChI=1S/C11H8NS.ClHO4/c1-2-4-10-9(3-1)5-6-12-7-8-13-11(10)12;2-1(3,4)5/h1-8H;(H,2,3,4,5)/q+1;/p-1. The molecule has 0 saturated heterocycles. The summed E-state index contributed by atoms with van der Waals surface area (Å²) in [7, 11) is -4.94. The molecule has 0 radical (unpaired) electrons. The summed E-state index contributed by atoms with van der Waals surface area (Å²) in [5.41, 5.74) is 0. The van der Waals surface area contributed by atoms with Crippen LogP contribution in [0.25, 0.3) is 15.6 Å². The first-order valence-electron chi connectivity index (χ1n) is 4.83. The maximum absolute atomic E-state index is 8.49. The molecule has 2 heterocycles. The minimum Gasteiger partial charge on any atom is -0.222 e. The highest BCUT2D eigenvalue weighted by Gasteiger charge is 2.06. The van der Waals surface area contributed by atoms with Crippen molar-refractivity contribution in [2.45, 2.75) is 0 Å². The Morgan fingerprint density at radius 2 is 1.61 bits per heavy atom. The molecule has 0 unspecified atom stereocenters. The summed E-state index contributed by atoms with van der Waals surface area (Å²) in [6.07, 6.45) is 4.20. The number of nitrogens with zero attached hydrogens (tertiary/aromatic N) is 1. The highest BCUT2D eigenvalue weighted by molar-refractivity contribution is 7.15. The van der Waals surface area contributed by atoms with Gasteiger partial charge in [-0.1, -0.05) is 29.5 Å². The molecule has 0 atom stereocenters. The van der Waals surface area contributed by atoms with Gasteiger partial charge < -0.3 is 0 Å². The zero-order valence-electron chi connectivity index (χ0n) is 8.99. The van der Waals surface area contributed by atoms with Crippen molar-refractivity contribution in [3.63, 3.8) is 0 Å². The lowest BCUT2D eigenvalue weighted by molar-refractivity contribution is -2.00. The topological polar surface area (TPSA) is 96.3 Å². The van der Waals surface area contributed by atoms with Crippen LogP contribution in [0.2, 0.25) is 0 Å². The fraction of sp³-hybridized carbons (Fsp3) is 0. The van der Waals surface area contributed by atoms with E-state index in [4.69, 9.17) is 18.6 Å². The zero-order valence-corrected chi connectivity index (χ0v) is 10.6. The van der Waals surface area contributed by atoms with Crippen molar-refractivity contribution in [2.75, 3.05) is 0 Å². The van der Waals surface area contributed by atoms with Gasteiger partial charge in [-0.05, 0) is 11.5 Å². The fourth-order valence-corrected chi connectivity index (χ4v) is 2.48. The molecule has 0 N–H and O–H groups in total. The fourth-order valence-electron chi connectivity index (χ4n) is 1.61. The number of benzene rings is 1. The van der Waals surface area contributed by atoms with Gasteiger partial charge in [0.25, 0.3) is 4.83 Å². The van der Waals surface area contributed by atoms with E-state index in [1.54, 1.807) is 11.3 Å². The maximum Gasteiger partial charge on any atom is 0.274 e. The Kier molecular flexibility index (Phi) is 3.76. The Bertz CT molecular complexity index is 658. The molecule has 7 heteroatoms. The van der Waals surface area contributed by atoms with E-state index in [1.165, 1.54) is 15.6 Å². The van der Waals surface area contributed by atoms with Crippen LogP contribution in [0.3, 0.4) is 0 Å².